The number of hydrogen-bond donors (Lipinski definition) is 2. The number of nitrogen functional groups attached to an aromatic ring is 1. The molecule has 0 bridgehead atoms. The second-order valence-corrected chi connectivity index (χ2v) is 6.92. The van der Waals surface area contributed by atoms with Crippen molar-refractivity contribution in [3.8, 4) is 11.4 Å². The lowest BCUT2D eigenvalue weighted by Gasteiger charge is -2.05. The van der Waals surface area contributed by atoms with Crippen LogP contribution in [-0.4, -0.2) is 38.9 Å². The van der Waals surface area contributed by atoms with Crippen LogP contribution >= 0.6 is 23.4 Å². The number of rotatable bonds is 7. The number of benzene rings is 2. The smallest absolute Gasteiger partial charge is 0.230 e. The first kappa shape index (κ1) is 18.9. The molecule has 0 saturated heterocycles. The molecule has 0 unspecified atom stereocenters. The molecule has 3 rings (SSSR count). The molecule has 0 aliphatic rings. The fraction of sp³-hybridized carbons (Fsp3) is 0.111. The zero-order chi connectivity index (χ0) is 19.2. The first-order valence-corrected chi connectivity index (χ1v) is 9.35. The van der Waals surface area contributed by atoms with Crippen molar-refractivity contribution < 1.29 is 9.59 Å². The van der Waals surface area contributed by atoms with Gasteiger partial charge in [-0.05, 0) is 24.3 Å². The summed E-state index contributed by atoms with van der Waals surface area (Å²) in [5.41, 5.74) is 1.32. The van der Waals surface area contributed by atoms with Gasteiger partial charge in [-0.1, -0.05) is 53.7 Å². The van der Waals surface area contributed by atoms with Gasteiger partial charge in [0.2, 0.25) is 11.1 Å². The van der Waals surface area contributed by atoms with Crippen LogP contribution < -0.4 is 11.2 Å². The molecular weight excluding hydrogens is 386 g/mol. The second-order valence-electron chi connectivity index (χ2n) is 5.54. The lowest BCUT2D eigenvalue weighted by molar-refractivity contribution is -0.118. The predicted molar refractivity (Wildman–Crippen MR) is 105 cm³/mol. The number of nitrogens with zero attached hydrogens (tertiary/aromatic N) is 3. The molecule has 0 saturated carbocycles. The van der Waals surface area contributed by atoms with Gasteiger partial charge in [0.15, 0.2) is 11.6 Å². The summed E-state index contributed by atoms with van der Waals surface area (Å²) in [5.74, 6) is 6.10. The minimum atomic E-state index is -0.291. The molecule has 0 radical (unpaired) electrons. The highest BCUT2D eigenvalue weighted by Crippen LogP contribution is 2.22. The monoisotopic (exact) mass is 401 g/mol. The van der Waals surface area contributed by atoms with Crippen LogP contribution in [0.4, 0.5) is 0 Å². The van der Waals surface area contributed by atoms with Crippen LogP contribution in [0.5, 0.6) is 0 Å². The highest BCUT2D eigenvalue weighted by atomic mass is 35.5. The lowest BCUT2D eigenvalue weighted by Crippen LogP contribution is -2.31. The summed E-state index contributed by atoms with van der Waals surface area (Å²) >= 11 is 7.01. The van der Waals surface area contributed by atoms with E-state index in [1.54, 1.807) is 48.5 Å². The zero-order valence-electron chi connectivity index (χ0n) is 14.1. The van der Waals surface area contributed by atoms with E-state index < -0.39 is 0 Å². The van der Waals surface area contributed by atoms with Gasteiger partial charge >= 0.3 is 0 Å². The van der Waals surface area contributed by atoms with Crippen LogP contribution in [0.1, 0.15) is 10.4 Å². The minimum Gasteiger partial charge on any atom is -0.348 e. The molecule has 1 amide bonds. The number of carbonyl (C=O) groups excluding carboxylic acids is 2. The number of nitrogens with two attached hydrogens (primary N) is 1. The molecule has 0 spiro atoms. The van der Waals surface area contributed by atoms with Crippen molar-refractivity contribution >= 4 is 35.1 Å². The van der Waals surface area contributed by atoms with Crippen molar-refractivity contribution in [2.45, 2.75) is 5.16 Å². The summed E-state index contributed by atoms with van der Waals surface area (Å²) in [6.45, 7) is -0.0608. The molecule has 2 aromatic carbocycles. The van der Waals surface area contributed by atoms with E-state index in [2.05, 4.69) is 15.5 Å². The number of ketones is 1. The Morgan fingerprint density at radius 3 is 2.48 bits per heavy atom. The highest BCUT2D eigenvalue weighted by molar-refractivity contribution is 7.99. The number of halogens is 1. The van der Waals surface area contributed by atoms with Gasteiger partial charge in [-0.25, -0.2) is 4.68 Å². The normalized spacial score (nSPS) is 10.6. The number of amides is 1. The predicted octanol–water partition coefficient (Wildman–Crippen LogP) is 2.40. The molecule has 27 heavy (non-hydrogen) atoms. The van der Waals surface area contributed by atoms with Gasteiger partial charge in [0.25, 0.3) is 0 Å². The van der Waals surface area contributed by atoms with Crippen LogP contribution in [0.2, 0.25) is 5.02 Å². The average Bonchev–Trinajstić information content (AvgIpc) is 3.06. The van der Waals surface area contributed by atoms with Crippen molar-refractivity contribution in [2.75, 3.05) is 18.1 Å². The van der Waals surface area contributed by atoms with Crippen molar-refractivity contribution in [1.82, 2.24) is 20.2 Å². The van der Waals surface area contributed by atoms with Crippen LogP contribution in [-0.2, 0) is 4.79 Å². The molecule has 0 aliphatic carbocycles. The Morgan fingerprint density at radius 1 is 1.07 bits per heavy atom. The molecule has 7 nitrogen and oxygen atoms in total. The van der Waals surface area contributed by atoms with E-state index in [0.717, 1.165) is 17.3 Å². The maximum atomic E-state index is 12.0. The Morgan fingerprint density at radius 2 is 1.78 bits per heavy atom. The average molecular weight is 402 g/mol. The Labute approximate surface area is 164 Å². The number of nitrogens with one attached hydrogen (secondary N) is 1. The van der Waals surface area contributed by atoms with Gasteiger partial charge < -0.3 is 11.2 Å². The number of hydrogen-bond acceptors (Lipinski definition) is 6. The third-order valence-corrected chi connectivity index (χ3v) is 4.84. The van der Waals surface area contributed by atoms with E-state index in [-0.39, 0.29) is 24.0 Å². The van der Waals surface area contributed by atoms with E-state index in [1.807, 2.05) is 6.07 Å². The molecule has 9 heteroatoms. The maximum Gasteiger partial charge on any atom is 0.230 e. The van der Waals surface area contributed by atoms with Crippen LogP contribution in [0.15, 0.2) is 59.8 Å². The highest BCUT2D eigenvalue weighted by Gasteiger charge is 2.14. The van der Waals surface area contributed by atoms with Gasteiger partial charge in [-0.2, -0.15) is 0 Å². The number of thioether (sulfide) groups is 1. The molecule has 3 N–H and O–H groups in total. The van der Waals surface area contributed by atoms with Gasteiger partial charge in [0, 0.05) is 16.1 Å². The molecule has 1 aromatic heterocycles. The van der Waals surface area contributed by atoms with Gasteiger partial charge in [0.05, 0.1) is 12.3 Å². The summed E-state index contributed by atoms with van der Waals surface area (Å²) in [6, 6.07) is 15.8. The molecule has 1 heterocycles. The topological polar surface area (TPSA) is 103 Å². The lowest BCUT2D eigenvalue weighted by atomic mass is 10.1. The van der Waals surface area contributed by atoms with Crippen LogP contribution in [0, 0.1) is 0 Å². The van der Waals surface area contributed by atoms with E-state index in [9.17, 15) is 9.59 Å². The Bertz CT molecular complexity index is 944. The fourth-order valence-electron chi connectivity index (χ4n) is 2.26. The Hall–Kier alpha value is -2.84. The summed E-state index contributed by atoms with van der Waals surface area (Å²) in [6.07, 6.45) is 0. The van der Waals surface area contributed by atoms with Gasteiger partial charge in [-0.3, -0.25) is 9.59 Å². The standard InChI is InChI=1S/C18H16ClN5O2S/c19-14-8-6-13(7-9-14)17-22-23-18(24(17)20)27-11-16(26)21-10-15(25)12-4-2-1-3-5-12/h1-9H,10-11,20H2,(H,21,26). The first-order valence-electron chi connectivity index (χ1n) is 7.99. The second kappa shape index (κ2) is 8.70. The maximum absolute atomic E-state index is 12.0. The van der Waals surface area contributed by atoms with Gasteiger partial charge in [0.1, 0.15) is 0 Å². The number of aromatic nitrogens is 3. The first-order chi connectivity index (χ1) is 13.0. The summed E-state index contributed by atoms with van der Waals surface area (Å²) in [4.78, 5) is 24.0. The summed E-state index contributed by atoms with van der Waals surface area (Å²) in [5, 5.41) is 11.6. The molecule has 0 atom stereocenters. The van der Waals surface area contributed by atoms with Crippen LogP contribution in [0.3, 0.4) is 0 Å². The van der Waals surface area contributed by atoms with Crippen molar-refractivity contribution in [1.29, 1.82) is 0 Å². The van der Waals surface area contributed by atoms with Crippen molar-refractivity contribution in [2.24, 2.45) is 0 Å². The Kier molecular flexibility index (Phi) is 6.10. The molecular formula is C18H16ClN5O2S. The molecule has 138 valence electrons. The van der Waals surface area contributed by atoms with Crippen molar-refractivity contribution in [3.63, 3.8) is 0 Å². The van der Waals surface area contributed by atoms with E-state index in [4.69, 9.17) is 17.4 Å². The van der Waals surface area contributed by atoms with Crippen molar-refractivity contribution in [3.05, 3.63) is 65.2 Å². The fourth-order valence-corrected chi connectivity index (χ4v) is 3.07. The van der Waals surface area contributed by atoms with Crippen LogP contribution in [0.25, 0.3) is 11.4 Å². The summed E-state index contributed by atoms with van der Waals surface area (Å²) in [7, 11) is 0. The number of Topliss-reactive ketones (excluding diaryl/α,β-unsaturated/α-hetero) is 1. The summed E-state index contributed by atoms with van der Waals surface area (Å²) < 4.78 is 1.32. The molecule has 0 fully saturated rings. The third-order valence-electron chi connectivity index (χ3n) is 3.64. The van der Waals surface area contributed by atoms with E-state index in [0.29, 0.717) is 21.6 Å². The van der Waals surface area contributed by atoms with Gasteiger partial charge in [-0.15, -0.1) is 10.2 Å². The van der Waals surface area contributed by atoms with E-state index in [1.165, 1.54) is 4.68 Å². The molecule has 0 aliphatic heterocycles. The zero-order valence-corrected chi connectivity index (χ0v) is 15.7. The van der Waals surface area contributed by atoms with E-state index >= 15 is 0 Å². The minimum absolute atomic E-state index is 0.0608. The third kappa shape index (κ3) is 4.87. The Balaban J connectivity index is 1.53. The number of carbonyl (C=O) groups is 2. The molecule has 3 aromatic rings. The SMILES string of the molecule is Nn1c(SCC(=O)NCC(=O)c2ccccc2)nnc1-c1ccc(Cl)cc1. The quantitative estimate of drug-likeness (QED) is 0.358. The largest absolute Gasteiger partial charge is 0.348 e.